The van der Waals surface area contributed by atoms with Crippen LogP contribution in [0.2, 0.25) is 0 Å². The topological polar surface area (TPSA) is 234 Å². The third-order valence-corrected chi connectivity index (χ3v) is 14.2. The van der Waals surface area contributed by atoms with E-state index in [1.807, 2.05) is 0 Å². The van der Waals surface area contributed by atoms with Crippen LogP contribution in [0.3, 0.4) is 0 Å². The summed E-state index contributed by atoms with van der Waals surface area (Å²) in [6.45, 7) is 31.3. The number of amides is 2. The summed E-state index contributed by atoms with van der Waals surface area (Å²) in [6, 6.07) is 1.08. The number of alkyl carbamates (subject to hydrolysis) is 2. The van der Waals surface area contributed by atoms with Gasteiger partial charge in [0.1, 0.15) is 36.6 Å². The summed E-state index contributed by atoms with van der Waals surface area (Å²) < 4.78 is 31.0. The second-order valence-corrected chi connectivity index (χ2v) is 23.6. The van der Waals surface area contributed by atoms with Crippen molar-refractivity contribution in [1.82, 2.24) is 10.6 Å². The molecule has 0 heterocycles. The van der Waals surface area contributed by atoms with Crippen molar-refractivity contribution in [1.29, 1.82) is 0 Å². The van der Waals surface area contributed by atoms with Crippen LogP contribution in [0.1, 0.15) is 186 Å². The van der Waals surface area contributed by atoms with Gasteiger partial charge in [-0.05, 0) is 201 Å². The first-order chi connectivity index (χ1) is 33.4. The van der Waals surface area contributed by atoms with Crippen molar-refractivity contribution in [2.75, 3.05) is 19.8 Å². The van der Waals surface area contributed by atoms with Crippen LogP contribution in [0.5, 0.6) is 0 Å². The maximum Gasteiger partial charge on any atom is 0.408 e. The van der Waals surface area contributed by atoms with E-state index in [9.17, 15) is 28.8 Å². The summed E-state index contributed by atoms with van der Waals surface area (Å²) in [5.74, 6) is 2.71. The Morgan fingerprint density at radius 1 is 0.458 bits per heavy atom. The smallest absolute Gasteiger partial charge is 0.408 e. The molecule has 6 unspecified atom stereocenters. The van der Waals surface area contributed by atoms with Crippen molar-refractivity contribution in [2.45, 2.75) is 227 Å². The van der Waals surface area contributed by atoms with Crippen LogP contribution in [-0.2, 0) is 47.6 Å². The van der Waals surface area contributed by atoms with Crippen molar-refractivity contribution in [3.63, 3.8) is 0 Å². The predicted molar refractivity (Wildman–Crippen MR) is 280 cm³/mol. The Morgan fingerprint density at radius 2 is 0.736 bits per heavy atom. The molecule has 0 aromatic heterocycles. The number of ether oxygens (including phenoxy) is 6. The average Bonchev–Trinajstić information content (AvgIpc) is 3.27. The number of carbonyl (C=O) groups is 6. The van der Waals surface area contributed by atoms with Crippen molar-refractivity contribution in [3.05, 3.63) is 36.5 Å². The predicted octanol–water partition coefficient (Wildman–Crippen LogP) is 10.1. The van der Waals surface area contributed by atoms with Gasteiger partial charge in [0.15, 0.2) is 0 Å². The second kappa shape index (κ2) is 30.1. The molecule has 6 N–H and O–H groups in total. The number of esters is 4. The minimum Gasteiger partial charge on any atom is -0.458 e. The van der Waals surface area contributed by atoms with E-state index >= 15 is 0 Å². The van der Waals surface area contributed by atoms with Gasteiger partial charge in [0.05, 0.1) is 0 Å². The lowest BCUT2D eigenvalue weighted by Gasteiger charge is -2.37. The summed E-state index contributed by atoms with van der Waals surface area (Å²) in [5.41, 5.74) is 10.4. The second-order valence-electron chi connectivity index (χ2n) is 23.6. The molecule has 0 aliphatic heterocycles. The monoisotopic (exact) mass is 1020 g/mol. The SMILES string of the molecule is C=C(C)C(=O)OCC(C)(C)OC(=O)NC1CCC(CC2CCC(NC(=O)OC(C)(C)COC(=O)C(=C)C)CC2)CC1.C=C(C)C(=O)OCC(C)(C)OC(C)=O.CC1CC(CC2CCC(N)C(C)C2)CCC1N. The minimum absolute atomic E-state index is 0.0261. The van der Waals surface area contributed by atoms with Gasteiger partial charge in [0, 0.05) is 47.8 Å². The molecule has 4 aliphatic carbocycles. The van der Waals surface area contributed by atoms with E-state index in [1.54, 1.807) is 62.3 Å². The van der Waals surface area contributed by atoms with E-state index in [0.717, 1.165) is 81.5 Å². The minimum atomic E-state index is -0.938. The third kappa shape index (κ3) is 26.0. The Labute approximate surface area is 432 Å². The van der Waals surface area contributed by atoms with Gasteiger partial charge in [0.25, 0.3) is 0 Å². The Kier molecular flexibility index (Phi) is 26.6. The molecule has 6 atom stereocenters. The quantitative estimate of drug-likeness (QED) is 0.0568. The average molecular weight is 1020 g/mol. The first-order valence-corrected chi connectivity index (χ1v) is 26.5. The van der Waals surface area contributed by atoms with Crippen LogP contribution in [0.25, 0.3) is 0 Å². The largest absolute Gasteiger partial charge is 0.458 e. The first kappa shape index (κ1) is 63.7. The molecular weight excluding hydrogens is 921 g/mol. The Morgan fingerprint density at radius 3 is 1.01 bits per heavy atom. The lowest BCUT2D eigenvalue weighted by Crippen LogP contribution is -2.44. The number of hydrogen-bond acceptors (Lipinski definition) is 14. The Hall–Kier alpha value is -4.44. The summed E-state index contributed by atoms with van der Waals surface area (Å²) in [7, 11) is 0. The van der Waals surface area contributed by atoms with Gasteiger partial charge in [-0.3, -0.25) is 4.79 Å². The molecule has 4 aliphatic rings. The van der Waals surface area contributed by atoms with E-state index in [4.69, 9.17) is 39.9 Å². The molecule has 16 nitrogen and oxygen atoms in total. The van der Waals surface area contributed by atoms with Crippen LogP contribution in [0.4, 0.5) is 9.59 Å². The maximum absolute atomic E-state index is 12.4. The van der Waals surface area contributed by atoms with Crippen LogP contribution >= 0.6 is 0 Å². The zero-order chi connectivity index (χ0) is 54.6. The number of hydrogen-bond donors (Lipinski definition) is 4. The molecule has 0 bridgehead atoms. The number of rotatable bonds is 18. The molecular formula is C56H96N4O12. The van der Waals surface area contributed by atoms with Gasteiger partial charge in [-0.1, -0.05) is 33.6 Å². The molecule has 16 heteroatoms. The highest BCUT2D eigenvalue weighted by molar-refractivity contribution is 5.87. The fourth-order valence-electron chi connectivity index (χ4n) is 9.98. The van der Waals surface area contributed by atoms with Crippen molar-refractivity contribution < 1.29 is 57.2 Å². The number of carbonyl (C=O) groups excluding carboxylic acids is 6. The van der Waals surface area contributed by atoms with Crippen molar-refractivity contribution in [2.24, 2.45) is 47.0 Å². The molecule has 2 amide bonds. The van der Waals surface area contributed by atoms with Gasteiger partial charge < -0.3 is 50.5 Å². The summed E-state index contributed by atoms with van der Waals surface area (Å²) >= 11 is 0. The Bertz CT molecular complexity index is 1710. The molecule has 412 valence electrons. The Balaban J connectivity index is 0.000000464. The number of nitrogens with one attached hydrogen (secondary N) is 2. The normalized spacial score (nSPS) is 26.5. The van der Waals surface area contributed by atoms with E-state index in [-0.39, 0.29) is 31.9 Å². The van der Waals surface area contributed by atoms with Gasteiger partial charge in [0.2, 0.25) is 0 Å². The fourth-order valence-corrected chi connectivity index (χ4v) is 9.98. The highest BCUT2D eigenvalue weighted by Crippen LogP contribution is 2.39. The van der Waals surface area contributed by atoms with Gasteiger partial charge >= 0.3 is 36.1 Å². The zero-order valence-corrected chi connectivity index (χ0v) is 46.4. The van der Waals surface area contributed by atoms with Crippen molar-refractivity contribution >= 4 is 36.1 Å². The van der Waals surface area contributed by atoms with Gasteiger partial charge in [-0.25, -0.2) is 24.0 Å². The summed E-state index contributed by atoms with van der Waals surface area (Å²) in [4.78, 5) is 69.7. The number of nitrogens with two attached hydrogens (primary N) is 2. The van der Waals surface area contributed by atoms with E-state index in [0.29, 0.717) is 40.6 Å². The van der Waals surface area contributed by atoms with E-state index in [1.165, 1.54) is 51.9 Å². The van der Waals surface area contributed by atoms with Crippen LogP contribution in [-0.4, -0.2) is 96.9 Å². The highest BCUT2D eigenvalue weighted by atomic mass is 16.6. The summed E-state index contributed by atoms with van der Waals surface area (Å²) in [5, 5.41) is 5.94. The molecule has 4 fully saturated rings. The first-order valence-electron chi connectivity index (χ1n) is 26.5. The molecule has 4 rings (SSSR count). The summed E-state index contributed by atoms with van der Waals surface area (Å²) in [6.07, 6.45) is 17.4. The van der Waals surface area contributed by atoms with Crippen molar-refractivity contribution in [3.8, 4) is 0 Å². The molecule has 0 saturated heterocycles. The third-order valence-electron chi connectivity index (χ3n) is 14.2. The lowest BCUT2D eigenvalue weighted by atomic mass is 9.71. The van der Waals surface area contributed by atoms with E-state index in [2.05, 4.69) is 44.2 Å². The molecule has 4 saturated carbocycles. The highest BCUT2D eigenvalue weighted by Gasteiger charge is 2.33. The standard InChI is InChI=1S/C31H50N2O8.C15H30N2.C10H16O4/c1-20(2)26(34)38-18-30(5,6)40-28(36)32-24-13-9-22(10-14-24)17-23-11-15-25(16-12-23)33-29(37)41-31(7,8)19-39-27(35)21(3)4;1-10-7-12(3-5-14(10)16)9-13-4-6-15(17)11(2)8-13;1-7(2)9(12)13-6-10(4,5)14-8(3)11/h22-25H,1,3,9-19H2,2,4-8H3,(H,32,36)(H,33,37);10-15H,3-9,16-17H2,1-2H3;1,6H2,2-5H3. The van der Waals surface area contributed by atoms with Crippen LogP contribution in [0, 0.1) is 35.5 Å². The van der Waals surface area contributed by atoms with Crippen LogP contribution < -0.4 is 22.1 Å². The van der Waals surface area contributed by atoms with E-state index < -0.39 is 52.9 Å². The van der Waals surface area contributed by atoms with Gasteiger partial charge in [-0.15, -0.1) is 0 Å². The molecule has 0 radical (unpaired) electrons. The maximum atomic E-state index is 12.4. The molecule has 72 heavy (non-hydrogen) atoms. The van der Waals surface area contributed by atoms with Crippen LogP contribution in [0.15, 0.2) is 36.5 Å². The molecule has 0 aromatic rings. The zero-order valence-electron chi connectivity index (χ0n) is 46.4. The lowest BCUT2D eigenvalue weighted by molar-refractivity contribution is -0.164. The molecule has 0 aromatic carbocycles. The van der Waals surface area contributed by atoms with Gasteiger partial charge in [-0.2, -0.15) is 0 Å². The molecule has 0 spiro atoms. The fraction of sp³-hybridized carbons (Fsp3) is 0.786.